The Balaban J connectivity index is 1.15. The molecule has 14 heteroatoms. The Morgan fingerprint density at radius 2 is 1.32 bits per heavy atom. The van der Waals surface area contributed by atoms with Crippen LogP contribution in [-0.2, 0) is 23.7 Å². The molecule has 0 fully saturated rings. The minimum atomic E-state index is 0.00817. The molecule has 12 nitrogen and oxygen atoms in total. The number of nitrogens with zero attached hydrogens (tertiary/aromatic N) is 5. The van der Waals surface area contributed by atoms with Gasteiger partial charge in [0.1, 0.15) is 5.69 Å². The first-order chi connectivity index (χ1) is 19.9. The summed E-state index contributed by atoms with van der Waals surface area (Å²) in [6.45, 7) is 2.29. The zero-order valence-corrected chi connectivity index (χ0v) is 24.9. The quantitative estimate of drug-likeness (QED) is 0.0612. The zero-order valence-electron chi connectivity index (χ0n) is 23.3. The molecule has 0 aliphatic carbocycles. The number of hydrogen-bond acceptors (Lipinski definition) is 10. The molecule has 0 spiro atoms. The van der Waals surface area contributed by atoms with E-state index in [9.17, 15) is 9.59 Å². The van der Waals surface area contributed by atoms with Crippen LogP contribution in [0.5, 0.6) is 0 Å². The highest BCUT2D eigenvalue weighted by molar-refractivity contribution is 8.76. The van der Waals surface area contributed by atoms with Gasteiger partial charge in [-0.3, -0.25) is 9.59 Å². The van der Waals surface area contributed by atoms with Crippen LogP contribution in [0.4, 0.5) is 28.7 Å². The van der Waals surface area contributed by atoms with E-state index in [1.54, 1.807) is 33.7 Å². The van der Waals surface area contributed by atoms with Crippen LogP contribution in [0.1, 0.15) is 12.8 Å². The van der Waals surface area contributed by atoms with Gasteiger partial charge in [-0.05, 0) is 48.5 Å². The van der Waals surface area contributed by atoms with Gasteiger partial charge in [-0.25, -0.2) is 14.7 Å². The number of nitrogens with one attached hydrogen (secondary N) is 5. The molecule has 0 aliphatic rings. The van der Waals surface area contributed by atoms with E-state index in [1.807, 2.05) is 72.0 Å². The average molecular weight is 598 g/mol. The number of anilines is 2. The molecule has 1 heterocycles. The molecule has 0 atom stereocenters. The summed E-state index contributed by atoms with van der Waals surface area (Å²) in [4.78, 5) is 24.0. The molecule has 218 valence electrons. The number of hydrogen-bond donors (Lipinski definition) is 5. The van der Waals surface area contributed by atoms with Crippen LogP contribution in [0, 0.1) is 5.53 Å². The Labute approximate surface area is 248 Å². The van der Waals surface area contributed by atoms with Gasteiger partial charge < -0.3 is 21.3 Å². The van der Waals surface area contributed by atoms with Crippen LogP contribution in [0.3, 0.4) is 0 Å². The van der Waals surface area contributed by atoms with Crippen molar-refractivity contribution in [1.82, 2.24) is 15.2 Å². The van der Waals surface area contributed by atoms with Crippen LogP contribution in [0.15, 0.2) is 76.3 Å². The van der Waals surface area contributed by atoms with E-state index in [0.717, 1.165) is 23.0 Å². The van der Waals surface area contributed by atoms with Crippen LogP contribution in [0.2, 0.25) is 0 Å². The van der Waals surface area contributed by atoms with Gasteiger partial charge in [0.2, 0.25) is 11.8 Å². The van der Waals surface area contributed by atoms with E-state index in [2.05, 4.69) is 36.6 Å². The maximum absolute atomic E-state index is 12.1. The summed E-state index contributed by atoms with van der Waals surface area (Å²) in [5.41, 5.74) is 10.2. The highest BCUT2D eigenvalue weighted by Gasteiger charge is 2.10. The number of aromatic nitrogens is 2. The lowest BCUT2D eigenvalue weighted by atomic mass is 10.3. The van der Waals surface area contributed by atoms with Gasteiger partial charge >= 0.3 is 5.95 Å². The molecular weight excluding hydrogens is 560 g/mol. The summed E-state index contributed by atoms with van der Waals surface area (Å²) in [5.74, 6) is 2.16. The Morgan fingerprint density at radius 1 is 0.805 bits per heavy atom. The molecule has 0 radical (unpaired) electrons. The lowest BCUT2D eigenvalue weighted by Crippen LogP contribution is -2.29. The summed E-state index contributed by atoms with van der Waals surface area (Å²) in [6.07, 6.45) is 4.71. The molecule has 41 heavy (non-hydrogen) atoms. The highest BCUT2D eigenvalue weighted by Crippen LogP contribution is 2.22. The molecular formula is C27H37N10O2S2+. The number of rotatable bonds is 18. The highest BCUT2D eigenvalue weighted by atomic mass is 33.1. The van der Waals surface area contributed by atoms with Crippen molar-refractivity contribution in [3.05, 3.63) is 60.9 Å². The van der Waals surface area contributed by atoms with E-state index >= 15 is 0 Å². The fourth-order valence-electron chi connectivity index (χ4n) is 3.51. The minimum absolute atomic E-state index is 0.00817. The first-order valence-electron chi connectivity index (χ1n) is 13.2. The van der Waals surface area contributed by atoms with Crippen LogP contribution in [-0.4, -0.2) is 54.1 Å². The maximum Gasteiger partial charge on any atom is 0.421 e. The van der Waals surface area contributed by atoms with Gasteiger partial charge in [-0.2, -0.15) is 5.11 Å². The van der Waals surface area contributed by atoms with E-state index < -0.39 is 0 Å². The number of carbonyl (C=O) groups excluding carboxylic acids is 2. The maximum atomic E-state index is 12.1. The minimum Gasteiger partial charge on any atom is -0.383 e. The third kappa shape index (κ3) is 12.0. The van der Waals surface area contributed by atoms with Crippen molar-refractivity contribution < 1.29 is 14.2 Å². The van der Waals surface area contributed by atoms with E-state index in [1.165, 1.54) is 0 Å². The molecule has 2 amide bonds. The van der Waals surface area contributed by atoms with Crippen molar-refractivity contribution >= 4 is 62.1 Å². The second-order valence-corrected chi connectivity index (χ2v) is 11.6. The number of carbonyl (C=O) groups is 2. The SMILES string of the molecule is Cn1cc[n+](C)c1N=Nc1ccc(NCCNC(=O)CCSSCCC(=O)NCCNc2ccc(N=N)cc2)cc1. The van der Waals surface area contributed by atoms with E-state index in [4.69, 9.17) is 5.53 Å². The topological polar surface area (TPSA) is 152 Å². The van der Waals surface area contributed by atoms with E-state index in [-0.39, 0.29) is 11.8 Å². The predicted octanol–water partition coefficient (Wildman–Crippen LogP) is 4.85. The Morgan fingerprint density at radius 3 is 1.78 bits per heavy atom. The van der Waals surface area contributed by atoms with Gasteiger partial charge in [-0.1, -0.05) is 26.7 Å². The van der Waals surface area contributed by atoms with Crippen LogP contribution in [0.25, 0.3) is 0 Å². The molecule has 1 aromatic heterocycles. The summed E-state index contributed by atoms with van der Waals surface area (Å²) < 4.78 is 3.80. The second kappa shape index (κ2) is 17.7. The van der Waals surface area contributed by atoms with Crippen molar-refractivity contribution in [2.75, 3.05) is 48.3 Å². The van der Waals surface area contributed by atoms with Gasteiger partial charge in [0.25, 0.3) is 0 Å². The molecule has 0 saturated heterocycles. The zero-order chi connectivity index (χ0) is 29.3. The molecule has 5 N–H and O–H groups in total. The monoisotopic (exact) mass is 597 g/mol. The number of aryl methyl sites for hydroxylation is 2. The first kappa shape index (κ1) is 31.6. The normalized spacial score (nSPS) is 10.9. The standard InChI is InChI=1S/C27H36N10O2S2/c1-36-17-18-37(2)27(36)35-34-24-9-5-22(6-10-24)30-14-16-32-26(39)12-20-41-40-19-11-25(38)31-15-13-29-21-3-7-23(33-28)8-4-21/h3-10,17-18H,11-16,19-20H2,1-2H3,(H4,28,29,31,32,38,39)/p+1. The lowest BCUT2D eigenvalue weighted by Gasteiger charge is -2.08. The van der Waals surface area contributed by atoms with Gasteiger partial charge in [-0.15, -0.1) is 0 Å². The number of benzene rings is 2. The Kier molecular flexibility index (Phi) is 13.7. The fraction of sp³-hybridized carbons (Fsp3) is 0.370. The van der Waals surface area contributed by atoms with Crippen molar-refractivity contribution in [3.8, 4) is 0 Å². The molecule has 0 aliphatic heterocycles. The summed E-state index contributed by atoms with van der Waals surface area (Å²) in [5, 5.41) is 24.2. The third-order valence-electron chi connectivity index (χ3n) is 5.72. The second-order valence-electron chi connectivity index (χ2n) is 8.92. The molecule has 0 saturated carbocycles. The number of imidazole rings is 1. The van der Waals surface area contributed by atoms with Crippen molar-refractivity contribution in [2.24, 2.45) is 29.4 Å². The molecule has 0 unspecified atom stereocenters. The van der Waals surface area contributed by atoms with Crippen molar-refractivity contribution in [3.63, 3.8) is 0 Å². The lowest BCUT2D eigenvalue weighted by molar-refractivity contribution is -0.657. The van der Waals surface area contributed by atoms with E-state index in [0.29, 0.717) is 56.2 Å². The average Bonchev–Trinajstić information content (AvgIpc) is 3.31. The first-order valence-corrected chi connectivity index (χ1v) is 15.7. The number of azo groups is 1. The molecule has 0 bridgehead atoms. The van der Waals surface area contributed by atoms with Crippen molar-refractivity contribution in [1.29, 1.82) is 5.53 Å². The largest absolute Gasteiger partial charge is 0.421 e. The van der Waals surface area contributed by atoms with Crippen molar-refractivity contribution in [2.45, 2.75) is 12.8 Å². The molecule has 3 aromatic rings. The molecule has 3 rings (SSSR count). The van der Waals surface area contributed by atoms with Crippen LogP contribution < -0.4 is 25.8 Å². The third-order valence-corrected chi connectivity index (χ3v) is 8.13. The summed E-state index contributed by atoms with van der Waals surface area (Å²) >= 11 is 0. The van der Waals surface area contributed by atoms with Gasteiger partial charge in [0.05, 0.1) is 32.2 Å². The fourth-order valence-corrected chi connectivity index (χ4v) is 5.49. The smallest absolute Gasteiger partial charge is 0.383 e. The summed E-state index contributed by atoms with van der Waals surface area (Å²) in [7, 11) is 7.05. The Hall–Kier alpha value is -3.91. The van der Waals surface area contributed by atoms with Crippen LogP contribution >= 0.6 is 21.6 Å². The summed E-state index contributed by atoms with van der Waals surface area (Å²) in [6, 6.07) is 14.9. The Bertz CT molecular complexity index is 1260. The van der Waals surface area contributed by atoms with Gasteiger partial charge in [0.15, 0.2) is 0 Å². The predicted molar refractivity (Wildman–Crippen MR) is 166 cm³/mol. The number of amides is 2. The van der Waals surface area contributed by atoms with Gasteiger partial charge in [0, 0.05) is 67.0 Å². The molecule has 2 aromatic carbocycles.